The summed E-state index contributed by atoms with van der Waals surface area (Å²) in [6, 6.07) is 10.9. The van der Waals surface area contributed by atoms with Crippen LogP contribution >= 0.6 is 11.6 Å². The van der Waals surface area contributed by atoms with Gasteiger partial charge in [-0.2, -0.15) is 0 Å². The number of halogens is 1. The Labute approximate surface area is 208 Å². The van der Waals surface area contributed by atoms with Gasteiger partial charge in [0.2, 0.25) is 0 Å². The van der Waals surface area contributed by atoms with E-state index < -0.39 is 17.2 Å². The highest BCUT2D eigenvalue weighted by Crippen LogP contribution is 2.24. The van der Waals surface area contributed by atoms with E-state index in [9.17, 15) is 13.6 Å². The number of carbonyl (C=O) groups excluding carboxylic acids is 1. The third kappa shape index (κ3) is 6.26. The number of aromatic nitrogens is 2. The number of carbonyl (C=O) groups is 1. The molecule has 6 nitrogen and oxygen atoms in total. The Balaban J connectivity index is 1.91. The number of rotatable bonds is 9. The standard InChI is InChI=1S/C26H30ClN3O3S/c1-4-6-8-10-20-11-12-22(23(27)16-20)18-29-19(3)28-24-14-13-21(17-25(24)29)26(31)30(34(32)33)15-9-7-5-2/h11-14,16-17H,4-7,9,15,18H2,1-3H3,(H,32,33). The first-order chi connectivity index (χ1) is 16.3. The average Bonchev–Trinajstić information content (AvgIpc) is 3.12. The van der Waals surface area contributed by atoms with E-state index in [1.54, 1.807) is 18.2 Å². The highest BCUT2D eigenvalue weighted by Gasteiger charge is 2.21. The van der Waals surface area contributed by atoms with E-state index >= 15 is 0 Å². The number of aryl methyl sites for hydroxylation is 1. The van der Waals surface area contributed by atoms with Gasteiger partial charge in [-0.05, 0) is 55.7 Å². The van der Waals surface area contributed by atoms with Crippen molar-refractivity contribution in [1.82, 2.24) is 13.9 Å². The van der Waals surface area contributed by atoms with E-state index in [2.05, 4.69) is 23.7 Å². The van der Waals surface area contributed by atoms with Gasteiger partial charge in [0.05, 0.1) is 17.6 Å². The molecule has 180 valence electrons. The van der Waals surface area contributed by atoms with Gasteiger partial charge in [0.1, 0.15) is 5.82 Å². The lowest BCUT2D eigenvalue weighted by Gasteiger charge is -2.18. The SMILES string of the molecule is CCCC#Cc1ccc(Cn2c(C)nc3ccc(C(=O)N(CCCCC)S(=O)O)cc32)c(Cl)c1. The van der Waals surface area contributed by atoms with Gasteiger partial charge < -0.3 is 4.57 Å². The zero-order valence-corrected chi connectivity index (χ0v) is 21.4. The predicted octanol–water partition coefficient (Wildman–Crippen LogP) is 5.97. The lowest BCUT2D eigenvalue weighted by Crippen LogP contribution is -2.33. The van der Waals surface area contributed by atoms with Crippen molar-refractivity contribution in [3.63, 3.8) is 0 Å². The maximum absolute atomic E-state index is 13.0. The molecular weight excluding hydrogens is 470 g/mol. The number of fused-ring (bicyclic) bond motifs is 1. The molecule has 0 fully saturated rings. The van der Waals surface area contributed by atoms with Gasteiger partial charge in [0.25, 0.3) is 17.2 Å². The van der Waals surface area contributed by atoms with Gasteiger partial charge in [-0.1, -0.05) is 56.2 Å². The van der Waals surface area contributed by atoms with Crippen molar-refractivity contribution >= 4 is 39.8 Å². The first-order valence-electron chi connectivity index (χ1n) is 11.5. The van der Waals surface area contributed by atoms with Crippen molar-refractivity contribution in [3.8, 4) is 11.8 Å². The smallest absolute Gasteiger partial charge is 0.267 e. The summed E-state index contributed by atoms with van der Waals surface area (Å²) in [5.41, 5.74) is 3.65. The number of hydrogen-bond acceptors (Lipinski definition) is 3. The first kappa shape index (κ1) is 26.0. The Morgan fingerprint density at radius 1 is 1.18 bits per heavy atom. The van der Waals surface area contributed by atoms with E-state index in [-0.39, 0.29) is 6.54 Å². The molecule has 0 aliphatic heterocycles. The van der Waals surface area contributed by atoms with Crippen LogP contribution in [0.3, 0.4) is 0 Å². The Kier molecular flexibility index (Phi) is 9.28. The molecule has 1 heterocycles. The molecule has 0 saturated carbocycles. The normalized spacial score (nSPS) is 11.8. The van der Waals surface area contributed by atoms with Crippen molar-refractivity contribution in [2.45, 2.75) is 59.4 Å². The Morgan fingerprint density at radius 3 is 2.65 bits per heavy atom. The molecule has 0 saturated heterocycles. The molecular formula is C26H30ClN3O3S. The molecule has 1 aromatic heterocycles. The number of hydrogen-bond donors (Lipinski definition) is 1. The molecule has 8 heteroatoms. The second-order valence-electron chi connectivity index (χ2n) is 8.15. The molecule has 0 bridgehead atoms. The molecule has 0 radical (unpaired) electrons. The molecule has 0 spiro atoms. The van der Waals surface area contributed by atoms with Crippen LogP contribution in [0.1, 0.15) is 73.3 Å². The fraction of sp³-hybridized carbons (Fsp3) is 0.385. The minimum atomic E-state index is -2.38. The Morgan fingerprint density at radius 2 is 1.97 bits per heavy atom. The summed E-state index contributed by atoms with van der Waals surface area (Å²) in [6.45, 7) is 6.75. The second kappa shape index (κ2) is 12.2. The van der Waals surface area contributed by atoms with Gasteiger partial charge in [-0.3, -0.25) is 9.35 Å². The molecule has 1 unspecified atom stereocenters. The summed E-state index contributed by atoms with van der Waals surface area (Å²) in [6.07, 6.45) is 4.38. The van der Waals surface area contributed by atoms with E-state index in [1.165, 1.54) is 0 Å². The molecule has 3 aromatic rings. The van der Waals surface area contributed by atoms with E-state index in [4.69, 9.17) is 11.6 Å². The summed E-state index contributed by atoms with van der Waals surface area (Å²) in [7, 11) is 0. The Bertz CT molecular complexity index is 1260. The van der Waals surface area contributed by atoms with Crippen LogP contribution in [-0.4, -0.2) is 35.1 Å². The maximum Gasteiger partial charge on any atom is 0.267 e. The number of unbranched alkanes of at least 4 members (excludes halogenated alkanes) is 3. The monoisotopic (exact) mass is 499 g/mol. The summed E-state index contributed by atoms with van der Waals surface area (Å²) in [4.78, 5) is 17.6. The fourth-order valence-electron chi connectivity index (χ4n) is 3.69. The molecule has 0 aliphatic rings. The molecule has 1 atom stereocenters. The third-order valence-corrected chi connectivity index (χ3v) is 6.63. The third-order valence-electron chi connectivity index (χ3n) is 5.56. The van der Waals surface area contributed by atoms with Crippen molar-refractivity contribution in [2.24, 2.45) is 0 Å². The molecule has 1 amide bonds. The van der Waals surface area contributed by atoms with Gasteiger partial charge in [-0.25, -0.2) is 13.5 Å². The lowest BCUT2D eigenvalue weighted by molar-refractivity contribution is 0.0858. The molecule has 0 aliphatic carbocycles. The number of imidazole rings is 1. The van der Waals surface area contributed by atoms with Crippen LogP contribution in [0.2, 0.25) is 5.02 Å². The number of amides is 1. The zero-order valence-electron chi connectivity index (χ0n) is 19.8. The van der Waals surface area contributed by atoms with Crippen LogP contribution in [-0.2, 0) is 17.8 Å². The van der Waals surface area contributed by atoms with Crippen LogP contribution in [0.25, 0.3) is 11.0 Å². The van der Waals surface area contributed by atoms with Gasteiger partial charge >= 0.3 is 0 Å². The lowest BCUT2D eigenvalue weighted by atomic mass is 10.1. The van der Waals surface area contributed by atoms with Gasteiger partial charge in [0, 0.05) is 29.1 Å². The van der Waals surface area contributed by atoms with Gasteiger partial charge in [0.15, 0.2) is 0 Å². The van der Waals surface area contributed by atoms with E-state index in [0.29, 0.717) is 23.6 Å². The van der Waals surface area contributed by atoms with Crippen LogP contribution in [0, 0.1) is 18.8 Å². The number of nitrogens with zero attached hydrogens (tertiary/aromatic N) is 3. The quantitative estimate of drug-likeness (QED) is 0.223. The van der Waals surface area contributed by atoms with Crippen molar-refractivity contribution in [1.29, 1.82) is 0 Å². The molecule has 34 heavy (non-hydrogen) atoms. The fourth-order valence-corrected chi connectivity index (χ4v) is 4.46. The maximum atomic E-state index is 13.0. The molecule has 1 N–H and O–H groups in total. The van der Waals surface area contributed by atoms with Gasteiger partial charge in [-0.15, -0.1) is 0 Å². The van der Waals surface area contributed by atoms with Crippen LogP contribution in [0.15, 0.2) is 36.4 Å². The van der Waals surface area contributed by atoms with Crippen LogP contribution in [0.5, 0.6) is 0 Å². The molecule has 3 rings (SSSR count). The predicted molar refractivity (Wildman–Crippen MR) is 138 cm³/mol. The minimum absolute atomic E-state index is 0.231. The van der Waals surface area contributed by atoms with Crippen molar-refractivity contribution in [2.75, 3.05) is 6.54 Å². The van der Waals surface area contributed by atoms with Crippen LogP contribution < -0.4 is 0 Å². The Hall–Kier alpha value is -2.66. The summed E-state index contributed by atoms with van der Waals surface area (Å²) in [5.74, 6) is 6.57. The van der Waals surface area contributed by atoms with Crippen molar-refractivity contribution < 1.29 is 13.6 Å². The second-order valence-corrected chi connectivity index (χ2v) is 9.46. The summed E-state index contributed by atoms with van der Waals surface area (Å²) in [5, 5.41) is 0.620. The summed E-state index contributed by atoms with van der Waals surface area (Å²) >= 11 is 4.18. The highest BCUT2D eigenvalue weighted by atomic mass is 35.5. The van der Waals surface area contributed by atoms with E-state index in [1.807, 2.05) is 36.6 Å². The van der Waals surface area contributed by atoms with Crippen LogP contribution in [0.4, 0.5) is 0 Å². The summed E-state index contributed by atoms with van der Waals surface area (Å²) < 4.78 is 24.5. The van der Waals surface area contributed by atoms with E-state index in [0.717, 1.165) is 58.0 Å². The highest BCUT2D eigenvalue weighted by molar-refractivity contribution is 7.77. The average molecular weight is 500 g/mol. The zero-order chi connectivity index (χ0) is 24.7. The number of benzene rings is 2. The largest absolute Gasteiger partial charge is 0.324 e. The molecule has 2 aromatic carbocycles. The topological polar surface area (TPSA) is 75.4 Å². The minimum Gasteiger partial charge on any atom is -0.324 e. The first-order valence-corrected chi connectivity index (χ1v) is 13.0. The van der Waals surface area contributed by atoms with Crippen molar-refractivity contribution in [3.05, 3.63) is 63.9 Å².